The molecule has 1 saturated heterocycles. The molecule has 0 atom stereocenters. The Balaban J connectivity index is 1.40. The predicted molar refractivity (Wildman–Crippen MR) is 134 cm³/mol. The summed E-state index contributed by atoms with van der Waals surface area (Å²) in [6, 6.07) is 12.5. The molecule has 0 bridgehead atoms. The molecule has 0 aliphatic carbocycles. The fourth-order valence-corrected chi connectivity index (χ4v) is 5.19. The van der Waals surface area contributed by atoms with Crippen molar-refractivity contribution < 1.29 is 4.79 Å². The molecule has 168 valence electrons. The van der Waals surface area contributed by atoms with E-state index in [1.54, 1.807) is 11.3 Å². The Morgan fingerprint density at radius 1 is 1.16 bits per heavy atom. The maximum Gasteiger partial charge on any atom is 0.230 e. The third kappa shape index (κ3) is 5.75. The number of hydrogen-bond acceptors (Lipinski definition) is 5. The molecule has 1 aromatic heterocycles. The van der Waals surface area contributed by atoms with E-state index in [4.69, 9.17) is 16.6 Å². The number of nitrogens with zero attached hydrogens (tertiary/aromatic N) is 3. The van der Waals surface area contributed by atoms with Gasteiger partial charge in [-0.05, 0) is 49.7 Å². The van der Waals surface area contributed by atoms with Gasteiger partial charge in [-0.15, -0.1) is 11.3 Å². The lowest BCUT2D eigenvalue weighted by Gasteiger charge is -2.32. The molecule has 0 unspecified atom stereocenters. The summed E-state index contributed by atoms with van der Waals surface area (Å²) in [5.74, 6) is -0.112. The number of carbonyl (C=O) groups is 1. The van der Waals surface area contributed by atoms with Gasteiger partial charge in [0.05, 0.1) is 22.8 Å². The van der Waals surface area contributed by atoms with E-state index < -0.39 is 0 Å². The second kappa shape index (κ2) is 10.1. The van der Waals surface area contributed by atoms with E-state index in [1.165, 1.54) is 5.56 Å². The summed E-state index contributed by atoms with van der Waals surface area (Å²) >= 11 is 7.90. The SMILES string of the molecule is Cc1cc(C)c(NC(=O)Cc2csc(-c3cccc(CN4CCN(C)CC4)c3)n2)c(Cl)c1. The fourth-order valence-electron chi connectivity index (χ4n) is 4.01. The maximum atomic E-state index is 12.6. The van der Waals surface area contributed by atoms with Gasteiger partial charge < -0.3 is 10.2 Å². The van der Waals surface area contributed by atoms with Crippen LogP contribution in [0.1, 0.15) is 22.4 Å². The summed E-state index contributed by atoms with van der Waals surface area (Å²) in [6.07, 6.45) is 0.223. The Morgan fingerprint density at radius 2 is 1.94 bits per heavy atom. The van der Waals surface area contributed by atoms with Gasteiger partial charge in [0, 0.05) is 43.7 Å². The van der Waals surface area contributed by atoms with E-state index in [0.717, 1.165) is 60.1 Å². The minimum Gasteiger partial charge on any atom is -0.324 e. The van der Waals surface area contributed by atoms with Gasteiger partial charge in [0.15, 0.2) is 0 Å². The number of carbonyl (C=O) groups excluding carboxylic acids is 1. The molecule has 0 saturated carbocycles. The standard InChI is InChI=1S/C25H29ClN4OS/c1-17-11-18(2)24(22(26)12-17)28-23(31)14-21-16-32-25(27-21)20-6-4-5-19(13-20)15-30-9-7-29(3)8-10-30/h4-6,11-13,16H,7-10,14-15H2,1-3H3,(H,28,31). The highest BCUT2D eigenvalue weighted by Gasteiger charge is 2.15. The third-order valence-electron chi connectivity index (χ3n) is 5.77. The van der Waals surface area contributed by atoms with Crippen molar-refractivity contribution >= 4 is 34.5 Å². The molecule has 5 nitrogen and oxygen atoms in total. The van der Waals surface area contributed by atoms with Crippen molar-refractivity contribution in [1.29, 1.82) is 0 Å². The van der Waals surface area contributed by atoms with E-state index >= 15 is 0 Å². The van der Waals surface area contributed by atoms with E-state index in [2.05, 4.69) is 46.4 Å². The van der Waals surface area contributed by atoms with E-state index in [0.29, 0.717) is 10.7 Å². The Kier molecular flexibility index (Phi) is 7.26. The monoisotopic (exact) mass is 468 g/mol. The number of likely N-dealkylation sites (N-methyl/N-ethyl adjacent to an activating group) is 1. The molecular weight excluding hydrogens is 440 g/mol. The molecule has 1 amide bonds. The van der Waals surface area contributed by atoms with Gasteiger partial charge in [-0.1, -0.05) is 35.9 Å². The van der Waals surface area contributed by atoms with Crippen LogP contribution in [-0.4, -0.2) is 53.9 Å². The predicted octanol–water partition coefficient (Wildman–Crippen LogP) is 5.01. The Bertz CT molecular complexity index is 1080. The zero-order chi connectivity index (χ0) is 22.7. The number of rotatable bonds is 6. The first-order valence-corrected chi connectivity index (χ1v) is 12.1. The summed E-state index contributed by atoms with van der Waals surface area (Å²) in [5, 5.41) is 6.41. The molecular formula is C25H29ClN4OS. The molecule has 0 radical (unpaired) electrons. The lowest BCUT2D eigenvalue weighted by molar-refractivity contribution is -0.115. The van der Waals surface area contributed by atoms with Gasteiger partial charge >= 0.3 is 0 Å². The average Bonchev–Trinajstić information content (AvgIpc) is 3.21. The van der Waals surface area contributed by atoms with Crippen LogP contribution in [-0.2, 0) is 17.8 Å². The number of thiazole rings is 1. The van der Waals surface area contributed by atoms with Crippen LogP contribution in [0.2, 0.25) is 5.02 Å². The normalized spacial score (nSPS) is 15.1. The van der Waals surface area contributed by atoms with Crippen LogP contribution >= 0.6 is 22.9 Å². The lowest BCUT2D eigenvalue weighted by atomic mass is 10.1. The number of benzene rings is 2. The van der Waals surface area contributed by atoms with Crippen molar-refractivity contribution in [2.24, 2.45) is 0 Å². The Morgan fingerprint density at radius 3 is 2.69 bits per heavy atom. The molecule has 1 aliphatic heterocycles. The molecule has 1 N–H and O–H groups in total. The van der Waals surface area contributed by atoms with Crippen LogP contribution in [0.3, 0.4) is 0 Å². The molecule has 4 rings (SSSR count). The Labute approximate surface area is 199 Å². The molecule has 3 aromatic rings. The number of halogens is 1. The van der Waals surface area contributed by atoms with Crippen LogP contribution in [0, 0.1) is 13.8 Å². The molecule has 1 aliphatic rings. The van der Waals surface area contributed by atoms with Crippen molar-refractivity contribution in [3.05, 3.63) is 69.2 Å². The van der Waals surface area contributed by atoms with E-state index in [9.17, 15) is 4.79 Å². The molecule has 2 aromatic carbocycles. The van der Waals surface area contributed by atoms with Gasteiger partial charge in [0.2, 0.25) is 5.91 Å². The summed E-state index contributed by atoms with van der Waals surface area (Å²) in [6.45, 7) is 9.32. The number of nitrogens with one attached hydrogen (secondary N) is 1. The van der Waals surface area contributed by atoms with Gasteiger partial charge in [0.25, 0.3) is 0 Å². The second-order valence-corrected chi connectivity index (χ2v) is 9.85. The minimum absolute atomic E-state index is 0.112. The quantitative estimate of drug-likeness (QED) is 0.552. The first kappa shape index (κ1) is 22.9. The molecule has 32 heavy (non-hydrogen) atoms. The van der Waals surface area contributed by atoms with Crippen molar-refractivity contribution in [1.82, 2.24) is 14.8 Å². The number of aryl methyl sites for hydroxylation is 2. The van der Waals surface area contributed by atoms with Crippen LogP contribution in [0.4, 0.5) is 5.69 Å². The average molecular weight is 469 g/mol. The largest absolute Gasteiger partial charge is 0.324 e. The van der Waals surface area contributed by atoms with Crippen molar-refractivity contribution in [2.45, 2.75) is 26.8 Å². The highest BCUT2D eigenvalue weighted by molar-refractivity contribution is 7.13. The molecule has 7 heteroatoms. The number of hydrogen-bond donors (Lipinski definition) is 1. The first-order valence-electron chi connectivity index (χ1n) is 10.9. The van der Waals surface area contributed by atoms with E-state index in [1.807, 2.05) is 31.4 Å². The summed E-state index contributed by atoms with van der Waals surface area (Å²) in [5.41, 5.74) is 5.88. The first-order chi connectivity index (χ1) is 15.4. The van der Waals surface area contributed by atoms with E-state index in [-0.39, 0.29) is 12.3 Å². The van der Waals surface area contributed by atoms with Crippen molar-refractivity contribution in [3.8, 4) is 10.6 Å². The van der Waals surface area contributed by atoms with Gasteiger partial charge in [0.1, 0.15) is 5.01 Å². The summed E-state index contributed by atoms with van der Waals surface area (Å²) in [4.78, 5) is 22.2. The van der Waals surface area contributed by atoms with Crippen LogP contribution in [0.15, 0.2) is 41.8 Å². The molecule has 2 heterocycles. The smallest absolute Gasteiger partial charge is 0.230 e. The lowest BCUT2D eigenvalue weighted by Crippen LogP contribution is -2.43. The van der Waals surface area contributed by atoms with Gasteiger partial charge in [-0.2, -0.15) is 0 Å². The molecule has 1 fully saturated rings. The fraction of sp³-hybridized carbons (Fsp3) is 0.360. The number of piperazine rings is 1. The van der Waals surface area contributed by atoms with Crippen LogP contribution in [0.5, 0.6) is 0 Å². The van der Waals surface area contributed by atoms with Crippen molar-refractivity contribution in [2.75, 3.05) is 38.5 Å². The minimum atomic E-state index is -0.112. The number of anilines is 1. The van der Waals surface area contributed by atoms with Crippen LogP contribution < -0.4 is 5.32 Å². The third-order valence-corrected chi connectivity index (χ3v) is 7.00. The van der Waals surface area contributed by atoms with Gasteiger partial charge in [-0.3, -0.25) is 9.69 Å². The highest BCUT2D eigenvalue weighted by Crippen LogP contribution is 2.28. The maximum absolute atomic E-state index is 12.6. The summed E-state index contributed by atoms with van der Waals surface area (Å²) < 4.78 is 0. The highest BCUT2D eigenvalue weighted by atomic mass is 35.5. The Hall–Kier alpha value is -2.25. The topological polar surface area (TPSA) is 48.5 Å². The van der Waals surface area contributed by atoms with Crippen molar-refractivity contribution in [3.63, 3.8) is 0 Å². The molecule has 0 spiro atoms. The number of amides is 1. The zero-order valence-corrected chi connectivity index (χ0v) is 20.4. The van der Waals surface area contributed by atoms with Crippen LogP contribution in [0.25, 0.3) is 10.6 Å². The summed E-state index contributed by atoms with van der Waals surface area (Å²) in [7, 11) is 2.18. The second-order valence-electron chi connectivity index (χ2n) is 8.59. The zero-order valence-electron chi connectivity index (χ0n) is 18.8. The van der Waals surface area contributed by atoms with Gasteiger partial charge in [-0.25, -0.2) is 4.98 Å². The number of aromatic nitrogens is 1.